The van der Waals surface area contributed by atoms with Crippen LogP contribution in [-0.2, 0) is 6.42 Å². The molecule has 1 N–H and O–H groups in total. The second-order valence-electron chi connectivity index (χ2n) is 3.97. The Kier molecular flexibility index (Phi) is 3.54. The number of thiophene rings is 1. The first-order valence-corrected chi connectivity index (χ1v) is 6.17. The van der Waals surface area contributed by atoms with Crippen molar-refractivity contribution in [3.63, 3.8) is 0 Å². The molecule has 0 aliphatic rings. The van der Waals surface area contributed by atoms with Gasteiger partial charge in [-0.25, -0.2) is 8.78 Å². The SMILES string of the molecule is Cc1cc(C(O)Cc2ccsc2)c(F)cc1F. The zero-order chi connectivity index (χ0) is 12.4. The number of hydrogen-bond donors (Lipinski definition) is 1. The molecule has 2 aromatic rings. The van der Waals surface area contributed by atoms with E-state index in [9.17, 15) is 13.9 Å². The van der Waals surface area contributed by atoms with Crippen LogP contribution in [0.1, 0.15) is 22.8 Å². The largest absolute Gasteiger partial charge is 0.388 e. The summed E-state index contributed by atoms with van der Waals surface area (Å²) in [6, 6.07) is 4.06. The Morgan fingerprint density at radius 3 is 2.71 bits per heavy atom. The van der Waals surface area contributed by atoms with E-state index in [2.05, 4.69) is 0 Å². The average Bonchev–Trinajstić information content (AvgIpc) is 2.76. The van der Waals surface area contributed by atoms with Gasteiger partial charge in [0.15, 0.2) is 0 Å². The van der Waals surface area contributed by atoms with Crippen LogP contribution in [0.4, 0.5) is 8.78 Å². The van der Waals surface area contributed by atoms with E-state index < -0.39 is 17.7 Å². The molecule has 17 heavy (non-hydrogen) atoms. The van der Waals surface area contributed by atoms with Gasteiger partial charge in [0.25, 0.3) is 0 Å². The summed E-state index contributed by atoms with van der Waals surface area (Å²) in [5, 5.41) is 13.7. The van der Waals surface area contributed by atoms with Gasteiger partial charge in [-0.2, -0.15) is 11.3 Å². The number of rotatable bonds is 3. The van der Waals surface area contributed by atoms with Gasteiger partial charge in [-0.15, -0.1) is 0 Å². The van der Waals surface area contributed by atoms with Gasteiger partial charge in [-0.3, -0.25) is 0 Å². The second kappa shape index (κ2) is 4.94. The molecule has 0 radical (unpaired) electrons. The standard InChI is InChI=1S/C13H12F2OS/c1-8-4-10(12(15)6-11(8)14)13(16)5-9-2-3-17-7-9/h2-4,6-7,13,16H,5H2,1H3. The molecule has 4 heteroatoms. The first kappa shape index (κ1) is 12.2. The van der Waals surface area contributed by atoms with Crippen LogP contribution in [-0.4, -0.2) is 5.11 Å². The molecular formula is C13H12F2OS. The van der Waals surface area contributed by atoms with Gasteiger partial charge in [0, 0.05) is 18.1 Å². The zero-order valence-corrected chi connectivity index (χ0v) is 10.1. The normalized spacial score (nSPS) is 12.7. The lowest BCUT2D eigenvalue weighted by molar-refractivity contribution is 0.173. The van der Waals surface area contributed by atoms with E-state index in [1.165, 1.54) is 17.4 Å². The van der Waals surface area contributed by atoms with Crippen LogP contribution >= 0.6 is 11.3 Å². The molecule has 90 valence electrons. The van der Waals surface area contributed by atoms with Crippen LogP contribution in [0.25, 0.3) is 0 Å². The van der Waals surface area contributed by atoms with Crippen LogP contribution in [0.5, 0.6) is 0 Å². The van der Waals surface area contributed by atoms with Crippen LogP contribution < -0.4 is 0 Å². The summed E-state index contributed by atoms with van der Waals surface area (Å²) in [4.78, 5) is 0. The zero-order valence-electron chi connectivity index (χ0n) is 9.28. The van der Waals surface area contributed by atoms with E-state index in [1.807, 2.05) is 16.8 Å². The minimum absolute atomic E-state index is 0.148. The molecule has 0 aliphatic heterocycles. The van der Waals surface area contributed by atoms with Crippen molar-refractivity contribution in [2.45, 2.75) is 19.4 Å². The lowest BCUT2D eigenvalue weighted by Gasteiger charge is -2.12. The van der Waals surface area contributed by atoms with Gasteiger partial charge in [-0.05, 0) is 40.9 Å². The lowest BCUT2D eigenvalue weighted by Crippen LogP contribution is -2.05. The van der Waals surface area contributed by atoms with Crippen LogP contribution in [0.2, 0.25) is 0 Å². The summed E-state index contributed by atoms with van der Waals surface area (Å²) >= 11 is 1.52. The van der Waals surface area contributed by atoms with Crippen LogP contribution in [0.3, 0.4) is 0 Å². The van der Waals surface area contributed by atoms with Crippen molar-refractivity contribution in [1.29, 1.82) is 0 Å². The fourth-order valence-electron chi connectivity index (χ4n) is 1.68. The maximum absolute atomic E-state index is 13.5. The molecule has 0 amide bonds. The number of aliphatic hydroxyl groups is 1. The monoisotopic (exact) mass is 254 g/mol. The summed E-state index contributed by atoms with van der Waals surface area (Å²) in [6.07, 6.45) is -0.602. The summed E-state index contributed by atoms with van der Waals surface area (Å²) in [5.74, 6) is -1.29. The first-order valence-electron chi connectivity index (χ1n) is 5.22. The highest BCUT2D eigenvalue weighted by Crippen LogP contribution is 2.24. The molecule has 0 aliphatic carbocycles. The maximum atomic E-state index is 13.5. The molecule has 0 saturated heterocycles. The van der Waals surface area contributed by atoms with Crippen molar-refractivity contribution in [3.8, 4) is 0 Å². The smallest absolute Gasteiger partial charge is 0.131 e. The molecule has 1 aromatic carbocycles. The van der Waals surface area contributed by atoms with Crippen molar-refractivity contribution in [2.75, 3.05) is 0 Å². The Balaban J connectivity index is 2.24. The molecule has 1 unspecified atom stereocenters. The molecule has 1 aromatic heterocycles. The van der Waals surface area contributed by atoms with Crippen molar-refractivity contribution in [3.05, 3.63) is 57.3 Å². The summed E-state index contributed by atoms with van der Waals surface area (Å²) in [6.45, 7) is 1.55. The number of halogens is 2. The Bertz CT molecular complexity index is 508. The number of aliphatic hydroxyl groups excluding tert-OH is 1. The van der Waals surface area contributed by atoms with E-state index in [4.69, 9.17) is 0 Å². The van der Waals surface area contributed by atoms with Crippen LogP contribution in [0.15, 0.2) is 29.0 Å². The Labute approximate surface area is 102 Å². The van der Waals surface area contributed by atoms with Crippen molar-refractivity contribution in [2.24, 2.45) is 0 Å². The van der Waals surface area contributed by atoms with Gasteiger partial charge < -0.3 is 5.11 Å². The van der Waals surface area contributed by atoms with E-state index in [0.29, 0.717) is 12.0 Å². The van der Waals surface area contributed by atoms with Gasteiger partial charge >= 0.3 is 0 Å². The third kappa shape index (κ3) is 2.70. The number of hydrogen-bond acceptors (Lipinski definition) is 2. The van der Waals surface area contributed by atoms with E-state index in [0.717, 1.165) is 11.6 Å². The third-order valence-electron chi connectivity index (χ3n) is 2.65. The van der Waals surface area contributed by atoms with E-state index in [1.54, 1.807) is 6.92 Å². The lowest BCUT2D eigenvalue weighted by atomic mass is 10.0. The molecule has 0 fully saturated rings. The number of aryl methyl sites for hydroxylation is 1. The Hall–Kier alpha value is -1.26. The highest BCUT2D eigenvalue weighted by atomic mass is 32.1. The predicted octanol–water partition coefficient (Wildman–Crippen LogP) is 3.61. The second-order valence-corrected chi connectivity index (χ2v) is 4.75. The van der Waals surface area contributed by atoms with Gasteiger partial charge in [-0.1, -0.05) is 0 Å². The van der Waals surface area contributed by atoms with E-state index in [-0.39, 0.29) is 5.56 Å². The molecule has 2 rings (SSSR count). The van der Waals surface area contributed by atoms with Crippen molar-refractivity contribution in [1.82, 2.24) is 0 Å². The molecule has 1 nitrogen and oxygen atoms in total. The van der Waals surface area contributed by atoms with Gasteiger partial charge in [0.05, 0.1) is 6.10 Å². The topological polar surface area (TPSA) is 20.2 Å². The minimum atomic E-state index is -0.941. The van der Waals surface area contributed by atoms with Crippen LogP contribution in [0, 0.1) is 18.6 Å². The third-order valence-corrected chi connectivity index (χ3v) is 3.38. The van der Waals surface area contributed by atoms with Crippen molar-refractivity contribution < 1.29 is 13.9 Å². The minimum Gasteiger partial charge on any atom is -0.388 e. The van der Waals surface area contributed by atoms with E-state index >= 15 is 0 Å². The van der Waals surface area contributed by atoms with Gasteiger partial charge in [0.2, 0.25) is 0 Å². The molecular weight excluding hydrogens is 242 g/mol. The summed E-state index contributed by atoms with van der Waals surface area (Å²) < 4.78 is 26.6. The Morgan fingerprint density at radius 1 is 1.29 bits per heavy atom. The number of benzene rings is 1. The average molecular weight is 254 g/mol. The van der Waals surface area contributed by atoms with Crippen molar-refractivity contribution >= 4 is 11.3 Å². The quantitative estimate of drug-likeness (QED) is 0.887. The molecule has 1 heterocycles. The van der Waals surface area contributed by atoms with Gasteiger partial charge in [0.1, 0.15) is 11.6 Å². The molecule has 1 atom stereocenters. The molecule has 0 bridgehead atoms. The Morgan fingerprint density at radius 2 is 2.06 bits per heavy atom. The first-order chi connectivity index (χ1) is 8.08. The highest BCUT2D eigenvalue weighted by molar-refractivity contribution is 7.07. The summed E-state index contributed by atoms with van der Waals surface area (Å²) in [5.41, 5.74) is 1.43. The highest BCUT2D eigenvalue weighted by Gasteiger charge is 2.15. The fourth-order valence-corrected chi connectivity index (χ4v) is 2.36. The molecule has 0 saturated carbocycles. The summed E-state index contributed by atoms with van der Waals surface area (Å²) in [7, 11) is 0. The fraction of sp³-hybridized carbons (Fsp3) is 0.231. The maximum Gasteiger partial charge on any atom is 0.131 e. The molecule has 0 spiro atoms. The predicted molar refractivity (Wildman–Crippen MR) is 64.1 cm³/mol.